The summed E-state index contributed by atoms with van der Waals surface area (Å²) in [6.45, 7) is 2.12. The van der Waals surface area contributed by atoms with Crippen molar-refractivity contribution in [2.24, 2.45) is 11.5 Å². The average molecular weight is 381 g/mol. The van der Waals surface area contributed by atoms with Gasteiger partial charge in [-0.25, -0.2) is 0 Å². The van der Waals surface area contributed by atoms with Crippen LogP contribution in [0.1, 0.15) is 24.1 Å². The molecular weight excluding hydrogens is 354 g/mol. The lowest BCUT2D eigenvalue weighted by Crippen LogP contribution is -2.50. The molecule has 2 aliphatic heterocycles. The van der Waals surface area contributed by atoms with Crippen molar-refractivity contribution in [1.29, 1.82) is 0 Å². The molecule has 1 unspecified atom stereocenters. The molecule has 5 N–H and O–H groups in total. The van der Waals surface area contributed by atoms with Gasteiger partial charge in [0.15, 0.2) is 0 Å². The number of nitrogens with zero attached hydrogens (tertiary/aromatic N) is 2. The third-order valence-corrected chi connectivity index (χ3v) is 5.38. The number of hydrogen-bond acceptors (Lipinski definition) is 7. The summed E-state index contributed by atoms with van der Waals surface area (Å²) in [6, 6.07) is 7.82. The third-order valence-electron chi connectivity index (χ3n) is 5.38. The molecule has 1 fully saturated rings. The highest BCUT2D eigenvalue weighted by molar-refractivity contribution is 5.79. The van der Waals surface area contributed by atoms with Crippen LogP contribution in [0.25, 0.3) is 5.70 Å². The van der Waals surface area contributed by atoms with Crippen LogP contribution >= 0.6 is 0 Å². The van der Waals surface area contributed by atoms with E-state index in [0.29, 0.717) is 12.1 Å². The lowest BCUT2D eigenvalue weighted by molar-refractivity contribution is 0.388. The SMILES string of the molecule is COc1ccc(CC2(N)C=C(N)c3ncc(N4CCCC4)cc3N2)c(OC)c1. The fourth-order valence-electron chi connectivity index (χ4n) is 3.97. The maximum atomic E-state index is 6.70. The lowest BCUT2D eigenvalue weighted by Gasteiger charge is -2.34. The Kier molecular flexibility index (Phi) is 4.77. The molecule has 0 amide bonds. The van der Waals surface area contributed by atoms with Gasteiger partial charge in [0.1, 0.15) is 22.9 Å². The van der Waals surface area contributed by atoms with Gasteiger partial charge in [0.05, 0.1) is 37.5 Å². The van der Waals surface area contributed by atoms with Crippen LogP contribution in [0.5, 0.6) is 11.5 Å². The van der Waals surface area contributed by atoms with Crippen molar-refractivity contribution < 1.29 is 9.47 Å². The second kappa shape index (κ2) is 7.24. The van der Waals surface area contributed by atoms with Crippen molar-refractivity contribution in [2.45, 2.75) is 24.9 Å². The fourth-order valence-corrected chi connectivity index (χ4v) is 3.97. The number of pyridine rings is 1. The number of nitrogens with two attached hydrogens (primary N) is 2. The minimum atomic E-state index is -0.843. The molecule has 1 atom stereocenters. The first kappa shape index (κ1) is 18.4. The predicted molar refractivity (Wildman–Crippen MR) is 112 cm³/mol. The van der Waals surface area contributed by atoms with Crippen LogP contribution in [0, 0.1) is 0 Å². The zero-order valence-corrected chi connectivity index (χ0v) is 16.4. The van der Waals surface area contributed by atoms with E-state index in [4.69, 9.17) is 20.9 Å². The Bertz CT molecular complexity index is 908. The van der Waals surface area contributed by atoms with Crippen LogP contribution < -0.4 is 31.2 Å². The molecule has 148 valence electrons. The summed E-state index contributed by atoms with van der Waals surface area (Å²) in [5.41, 5.74) is 16.4. The molecule has 2 aliphatic rings. The van der Waals surface area contributed by atoms with Gasteiger partial charge in [-0.1, -0.05) is 6.07 Å². The van der Waals surface area contributed by atoms with Gasteiger partial charge in [0.25, 0.3) is 0 Å². The Morgan fingerprint density at radius 1 is 1.18 bits per heavy atom. The maximum Gasteiger partial charge on any atom is 0.125 e. The van der Waals surface area contributed by atoms with E-state index in [0.717, 1.165) is 47.2 Å². The molecule has 1 aromatic heterocycles. The zero-order chi connectivity index (χ0) is 19.7. The normalized spacial score (nSPS) is 21.0. The van der Waals surface area contributed by atoms with Crippen LogP contribution in [0.15, 0.2) is 36.5 Å². The Morgan fingerprint density at radius 2 is 1.96 bits per heavy atom. The predicted octanol–water partition coefficient (Wildman–Crippen LogP) is 2.32. The van der Waals surface area contributed by atoms with Crippen molar-refractivity contribution in [3.05, 3.63) is 47.8 Å². The summed E-state index contributed by atoms with van der Waals surface area (Å²) in [6.07, 6.45) is 6.66. The monoisotopic (exact) mass is 381 g/mol. The number of nitrogens with one attached hydrogen (secondary N) is 1. The standard InChI is InChI=1S/C21H27N5O2/c1-27-16-6-5-14(19(10-16)28-2)11-21(23)12-17(22)20-18(25-21)9-15(13-24-20)26-7-3-4-8-26/h5-6,9-10,12-13,25H,3-4,7-8,11,22-23H2,1-2H3. The molecule has 0 spiro atoms. The number of fused-ring (bicyclic) bond motifs is 1. The van der Waals surface area contributed by atoms with E-state index in [1.807, 2.05) is 30.5 Å². The molecule has 1 aromatic carbocycles. The topological polar surface area (TPSA) is 98.7 Å². The van der Waals surface area contributed by atoms with Gasteiger partial charge >= 0.3 is 0 Å². The van der Waals surface area contributed by atoms with Gasteiger partial charge in [-0.3, -0.25) is 4.98 Å². The molecule has 7 nitrogen and oxygen atoms in total. The number of rotatable bonds is 5. The molecule has 0 radical (unpaired) electrons. The summed E-state index contributed by atoms with van der Waals surface area (Å²) in [4.78, 5) is 6.92. The first-order valence-corrected chi connectivity index (χ1v) is 9.53. The third kappa shape index (κ3) is 3.45. The van der Waals surface area contributed by atoms with E-state index in [1.54, 1.807) is 14.2 Å². The van der Waals surface area contributed by atoms with Gasteiger partial charge in [-0.2, -0.15) is 0 Å². The van der Waals surface area contributed by atoms with Gasteiger partial charge in [-0.05, 0) is 36.6 Å². The average Bonchev–Trinajstić information content (AvgIpc) is 3.22. The number of benzene rings is 1. The van der Waals surface area contributed by atoms with Crippen LogP contribution in [-0.4, -0.2) is 38.0 Å². The number of ether oxygens (including phenoxy) is 2. The molecule has 7 heteroatoms. The quantitative estimate of drug-likeness (QED) is 0.731. The summed E-state index contributed by atoms with van der Waals surface area (Å²) >= 11 is 0. The Labute approximate surface area is 165 Å². The smallest absolute Gasteiger partial charge is 0.125 e. The van der Waals surface area contributed by atoms with Gasteiger partial charge in [0, 0.05) is 25.6 Å². The second-order valence-electron chi connectivity index (χ2n) is 7.40. The highest BCUT2D eigenvalue weighted by Gasteiger charge is 2.31. The molecule has 4 rings (SSSR count). The van der Waals surface area contributed by atoms with E-state index >= 15 is 0 Å². The first-order chi connectivity index (χ1) is 13.5. The van der Waals surface area contributed by atoms with Crippen LogP contribution in [-0.2, 0) is 6.42 Å². The minimum absolute atomic E-state index is 0.508. The van der Waals surface area contributed by atoms with Gasteiger partial charge in [-0.15, -0.1) is 0 Å². The Balaban J connectivity index is 1.63. The molecular formula is C21H27N5O2. The minimum Gasteiger partial charge on any atom is -0.497 e. The van der Waals surface area contributed by atoms with Crippen molar-refractivity contribution in [3.63, 3.8) is 0 Å². The number of methoxy groups -OCH3 is 2. The van der Waals surface area contributed by atoms with Gasteiger partial charge in [0.2, 0.25) is 0 Å². The van der Waals surface area contributed by atoms with Crippen molar-refractivity contribution in [3.8, 4) is 11.5 Å². The summed E-state index contributed by atoms with van der Waals surface area (Å²) in [5.74, 6) is 1.47. The van der Waals surface area contributed by atoms with Crippen LogP contribution in [0.2, 0.25) is 0 Å². The molecule has 3 heterocycles. The first-order valence-electron chi connectivity index (χ1n) is 9.53. The van der Waals surface area contributed by atoms with Crippen molar-refractivity contribution in [2.75, 3.05) is 37.5 Å². The van der Waals surface area contributed by atoms with E-state index in [9.17, 15) is 0 Å². The molecule has 0 bridgehead atoms. The Morgan fingerprint density at radius 3 is 2.68 bits per heavy atom. The van der Waals surface area contributed by atoms with E-state index in [2.05, 4.69) is 21.3 Å². The van der Waals surface area contributed by atoms with Crippen molar-refractivity contribution >= 4 is 17.1 Å². The van der Waals surface area contributed by atoms with Crippen molar-refractivity contribution in [1.82, 2.24) is 4.98 Å². The summed E-state index contributed by atoms with van der Waals surface area (Å²) in [7, 11) is 3.27. The molecule has 0 aliphatic carbocycles. The second-order valence-corrected chi connectivity index (χ2v) is 7.40. The largest absolute Gasteiger partial charge is 0.497 e. The van der Waals surface area contributed by atoms with Crippen LogP contribution in [0.4, 0.5) is 11.4 Å². The molecule has 0 saturated carbocycles. The fraction of sp³-hybridized carbons (Fsp3) is 0.381. The van der Waals surface area contributed by atoms with Gasteiger partial charge < -0.3 is 31.2 Å². The highest BCUT2D eigenvalue weighted by atomic mass is 16.5. The van der Waals surface area contributed by atoms with Crippen LogP contribution in [0.3, 0.4) is 0 Å². The van der Waals surface area contributed by atoms with E-state index in [-0.39, 0.29) is 0 Å². The highest BCUT2D eigenvalue weighted by Crippen LogP contribution is 2.35. The lowest BCUT2D eigenvalue weighted by atomic mass is 9.94. The number of anilines is 2. The van der Waals surface area contributed by atoms with E-state index < -0.39 is 5.66 Å². The zero-order valence-electron chi connectivity index (χ0n) is 16.4. The molecule has 28 heavy (non-hydrogen) atoms. The molecule has 1 saturated heterocycles. The maximum absolute atomic E-state index is 6.70. The number of aromatic nitrogens is 1. The molecule has 2 aromatic rings. The Hall–Kier alpha value is -2.93. The summed E-state index contributed by atoms with van der Waals surface area (Å²) in [5, 5.41) is 3.44. The van der Waals surface area contributed by atoms with E-state index in [1.165, 1.54) is 12.8 Å². The summed E-state index contributed by atoms with van der Waals surface area (Å²) < 4.78 is 10.8. The number of hydrogen-bond donors (Lipinski definition) is 3.